The Morgan fingerprint density at radius 3 is 2.64 bits per heavy atom. The number of hydrogen-bond acceptors (Lipinski definition) is 2. The topological polar surface area (TPSA) is 32.3 Å². The second-order valence-corrected chi connectivity index (χ2v) is 5.60. The molecule has 0 aromatic heterocycles. The molecule has 2 nitrogen and oxygen atoms in total. The van der Waals surface area contributed by atoms with Gasteiger partial charge in [-0.25, -0.2) is 0 Å². The van der Waals surface area contributed by atoms with Crippen molar-refractivity contribution in [1.82, 2.24) is 5.32 Å². The van der Waals surface area contributed by atoms with Gasteiger partial charge in [-0.3, -0.25) is 0 Å². The molecule has 80 valence electrons. The fraction of sp³-hybridized carbons (Fsp3) is 1.00. The molecule has 0 aromatic carbocycles. The third-order valence-corrected chi connectivity index (χ3v) is 4.48. The van der Waals surface area contributed by atoms with Crippen LogP contribution in [0.5, 0.6) is 0 Å². The van der Waals surface area contributed by atoms with Crippen molar-refractivity contribution in [3.8, 4) is 0 Å². The van der Waals surface area contributed by atoms with Gasteiger partial charge in [0.15, 0.2) is 0 Å². The van der Waals surface area contributed by atoms with Crippen molar-refractivity contribution >= 4 is 0 Å². The molecule has 1 saturated heterocycles. The smallest absolute Gasteiger partial charge is 0.0695 e. The highest BCUT2D eigenvalue weighted by molar-refractivity contribution is 4.97. The molecule has 2 N–H and O–H groups in total. The quantitative estimate of drug-likeness (QED) is 0.716. The molecule has 4 unspecified atom stereocenters. The van der Waals surface area contributed by atoms with Crippen molar-refractivity contribution in [2.45, 2.75) is 50.7 Å². The molecule has 4 atom stereocenters. The van der Waals surface area contributed by atoms with Crippen LogP contribution in [0.25, 0.3) is 0 Å². The van der Waals surface area contributed by atoms with E-state index in [1.54, 1.807) is 0 Å². The van der Waals surface area contributed by atoms with Crippen LogP contribution in [0.3, 0.4) is 0 Å². The van der Waals surface area contributed by atoms with Crippen molar-refractivity contribution in [3.05, 3.63) is 0 Å². The summed E-state index contributed by atoms with van der Waals surface area (Å²) < 4.78 is 0. The summed E-state index contributed by atoms with van der Waals surface area (Å²) in [7, 11) is 0. The highest BCUT2D eigenvalue weighted by Gasteiger charge is 2.46. The van der Waals surface area contributed by atoms with Gasteiger partial charge in [0.25, 0.3) is 0 Å². The Morgan fingerprint density at radius 2 is 2.00 bits per heavy atom. The van der Waals surface area contributed by atoms with Gasteiger partial charge in [0.1, 0.15) is 0 Å². The van der Waals surface area contributed by atoms with Gasteiger partial charge < -0.3 is 10.4 Å². The first-order valence-corrected chi connectivity index (χ1v) is 6.24. The minimum absolute atomic E-state index is 0.0694. The van der Waals surface area contributed by atoms with Crippen molar-refractivity contribution in [2.75, 3.05) is 6.54 Å². The van der Waals surface area contributed by atoms with E-state index in [4.69, 9.17) is 0 Å². The maximum Gasteiger partial charge on any atom is 0.0695 e. The maximum absolute atomic E-state index is 10.0. The summed E-state index contributed by atoms with van der Waals surface area (Å²) in [5.41, 5.74) is 0. The number of aliphatic hydroxyl groups excluding tert-OH is 1. The fourth-order valence-electron chi connectivity index (χ4n) is 3.58. The Labute approximate surface area is 86.1 Å². The second kappa shape index (κ2) is 3.49. The van der Waals surface area contributed by atoms with Gasteiger partial charge in [-0.1, -0.05) is 0 Å². The molecule has 0 bridgehead atoms. The lowest BCUT2D eigenvalue weighted by atomic mass is 9.93. The van der Waals surface area contributed by atoms with E-state index in [-0.39, 0.29) is 6.10 Å². The van der Waals surface area contributed by atoms with E-state index >= 15 is 0 Å². The van der Waals surface area contributed by atoms with E-state index in [0.717, 1.165) is 30.7 Å². The normalized spacial score (nSPS) is 47.8. The molecule has 0 aromatic rings. The van der Waals surface area contributed by atoms with Gasteiger partial charge in [-0.05, 0) is 62.8 Å². The van der Waals surface area contributed by atoms with E-state index in [1.807, 2.05) is 0 Å². The molecule has 14 heavy (non-hydrogen) atoms. The first-order valence-electron chi connectivity index (χ1n) is 6.24. The summed E-state index contributed by atoms with van der Waals surface area (Å²) in [6.45, 7) is 1.11. The average Bonchev–Trinajstić information content (AvgIpc) is 2.69. The number of rotatable bonds is 3. The second-order valence-electron chi connectivity index (χ2n) is 5.60. The minimum atomic E-state index is -0.0694. The SMILES string of the molecule is OC(CC1CC2CC2C1)C1CCCN1. The van der Waals surface area contributed by atoms with Gasteiger partial charge in [0, 0.05) is 6.04 Å². The highest BCUT2D eigenvalue weighted by atomic mass is 16.3. The zero-order chi connectivity index (χ0) is 9.54. The Bertz CT molecular complexity index is 202. The lowest BCUT2D eigenvalue weighted by molar-refractivity contribution is 0.106. The summed E-state index contributed by atoms with van der Waals surface area (Å²) >= 11 is 0. The van der Waals surface area contributed by atoms with Crippen LogP contribution in [-0.2, 0) is 0 Å². The van der Waals surface area contributed by atoms with Crippen molar-refractivity contribution in [3.63, 3.8) is 0 Å². The summed E-state index contributed by atoms with van der Waals surface area (Å²) in [6.07, 6.45) is 7.74. The third-order valence-electron chi connectivity index (χ3n) is 4.48. The van der Waals surface area contributed by atoms with Crippen LogP contribution in [0.2, 0.25) is 0 Å². The van der Waals surface area contributed by atoms with E-state index in [2.05, 4.69) is 5.32 Å². The largest absolute Gasteiger partial charge is 0.391 e. The average molecular weight is 195 g/mol. The molecular formula is C12H21NO. The zero-order valence-corrected chi connectivity index (χ0v) is 8.78. The van der Waals surface area contributed by atoms with Crippen LogP contribution in [0.4, 0.5) is 0 Å². The lowest BCUT2D eigenvalue weighted by Gasteiger charge is -2.22. The lowest BCUT2D eigenvalue weighted by Crippen LogP contribution is -2.35. The Balaban J connectivity index is 1.46. The molecule has 0 spiro atoms. The third kappa shape index (κ3) is 1.70. The minimum Gasteiger partial charge on any atom is -0.391 e. The van der Waals surface area contributed by atoms with Gasteiger partial charge in [0.05, 0.1) is 6.10 Å². The maximum atomic E-state index is 10.0. The van der Waals surface area contributed by atoms with Crippen LogP contribution < -0.4 is 5.32 Å². The molecule has 3 rings (SSSR count). The number of nitrogens with one attached hydrogen (secondary N) is 1. The van der Waals surface area contributed by atoms with Crippen LogP contribution in [0, 0.1) is 17.8 Å². The first kappa shape index (κ1) is 9.17. The van der Waals surface area contributed by atoms with Crippen LogP contribution >= 0.6 is 0 Å². The summed E-state index contributed by atoms with van der Waals surface area (Å²) in [4.78, 5) is 0. The molecule has 2 aliphatic carbocycles. The summed E-state index contributed by atoms with van der Waals surface area (Å²) in [6, 6.07) is 0.409. The monoisotopic (exact) mass is 195 g/mol. The van der Waals surface area contributed by atoms with Crippen LogP contribution in [-0.4, -0.2) is 23.8 Å². The van der Waals surface area contributed by atoms with E-state index < -0.39 is 0 Å². The summed E-state index contributed by atoms with van der Waals surface area (Å²) in [5, 5.41) is 13.5. The van der Waals surface area contributed by atoms with E-state index in [9.17, 15) is 5.11 Å². The van der Waals surface area contributed by atoms with Crippen LogP contribution in [0.15, 0.2) is 0 Å². The molecule has 2 saturated carbocycles. The molecule has 0 amide bonds. The molecule has 3 aliphatic rings. The van der Waals surface area contributed by atoms with Crippen molar-refractivity contribution < 1.29 is 5.11 Å². The Hall–Kier alpha value is -0.0800. The Kier molecular flexibility index (Phi) is 2.29. The molecule has 3 fully saturated rings. The number of fused-ring (bicyclic) bond motifs is 1. The van der Waals surface area contributed by atoms with Gasteiger partial charge >= 0.3 is 0 Å². The predicted molar refractivity (Wildman–Crippen MR) is 56.0 cm³/mol. The van der Waals surface area contributed by atoms with Gasteiger partial charge in [-0.2, -0.15) is 0 Å². The molecule has 1 aliphatic heterocycles. The van der Waals surface area contributed by atoms with E-state index in [1.165, 1.54) is 32.1 Å². The van der Waals surface area contributed by atoms with Crippen molar-refractivity contribution in [1.29, 1.82) is 0 Å². The number of aliphatic hydroxyl groups is 1. The molecular weight excluding hydrogens is 174 g/mol. The molecule has 2 heteroatoms. The predicted octanol–water partition coefficient (Wildman–Crippen LogP) is 1.54. The zero-order valence-electron chi connectivity index (χ0n) is 8.78. The van der Waals surface area contributed by atoms with E-state index in [0.29, 0.717) is 6.04 Å². The van der Waals surface area contributed by atoms with Crippen LogP contribution in [0.1, 0.15) is 38.5 Å². The highest BCUT2D eigenvalue weighted by Crippen LogP contribution is 2.55. The van der Waals surface area contributed by atoms with Gasteiger partial charge in [0.2, 0.25) is 0 Å². The van der Waals surface area contributed by atoms with Gasteiger partial charge in [-0.15, -0.1) is 0 Å². The fourth-order valence-corrected chi connectivity index (χ4v) is 3.58. The molecule has 1 heterocycles. The Morgan fingerprint density at radius 1 is 1.21 bits per heavy atom. The van der Waals surface area contributed by atoms with Crippen molar-refractivity contribution in [2.24, 2.45) is 17.8 Å². The summed E-state index contributed by atoms with van der Waals surface area (Å²) in [5.74, 6) is 2.96. The first-order chi connectivity index (χ1) is 6.83. The molecule has 0 radical (unpaired) electrons. The standard InChI is InChI=1S/C12H21NO/c14-12(11-2-1-3-13-11)6-8-4-9-7-10(9)5-8/h8-14H,1-7H2. The number of hydrogen-bond donors (Lipinski definition) is 2.